The van der Waals surface area contributed by atoms with Crippen LogP contribution in [0, 0.1) is 6.92 Å². The van der Waals surface area contributed by atoms with Crippen LogP contribution in [0.25, 0.3) is 0 Å². The molecule has 2 rings (SSSR count). The van der Waals surface area contributed by atoms with Crippen LogP contribution < -0.4 is 5.73 Å². The predicted molar refractivity (Wildman–Crippen MR) is 81.0 cm³/mol. The molecule has 2 aromatic carbocycles. The monoisotopic (exact) mass is 323 g/mol. The lowest BCUT2D eigenvalue weighted by Gasteiger charge is -2.15. The van der Waals surface area contributed by atoms with Crippen molar-refractivity contribution >= 4 is 27.5 Å². The van der Waals surface area contributed by atoms with Gasteiger partial charge in [0.2, 0.25) is 0 Å². The first-order valence-corrected chi connectivity index (χ1v) is 7.00. The van der Waals surface area contributed by atoms with E-state index in [2.05, 4.69) is 28.1 Å². The number of rotatable bonds is 3. The van der Waals surface area contributed by atoms with E-state index in [9.17, 15) is 0 Å². The minimum Gasteiger partial charge on any atom is -0.324 e. The highest BCUT2D eigenvalue weighted by molar-refractivity contribution is 9.10. The van der Waals surface area contributed by atoms with Gasteiger partial charge in [-0.2, -0.15) is 0 Å². The zero-order valence-electron chi connectivity index (χ0n) is 10.2. The van der Waals surface area contributed by atoms with Gasteiger partial charge < -0.3 is 5.73 Å². The lowest BCUT2D eigenvalue weighted by molar-refractivity contribution is 0.716. The van der Waals surface area contributed by atoms with E-state index in [1.807, 2.05) is 37.3 Å². The fourth-order valence-electron chi connectivity index (χ4n) is 2.01. The number of benzene rings is 2. The smallest absolute Gasteiger partial charge is 0.0438 e. The van der Waals surface area contributed by atoms with E-state index in [0.29, 0.717) is 0 Å². The van der Waals surface area contributed by atoms with Gasteiger partial charge in [-0.15, -0.1) is 0 Å². The maximum Gasteiger partial charge on any atom is 0.0438 e. The Bertz CT molecular complexity index is 537. The second-order valence-corrected chi connectivity index (χ2v) is 5.71. The number of nitrogens with two attached hydrogens (primary N) is 1. The minimum atomic E-state index is -0.0233. The molecule has 0 spiro atoms. The van der Waals surface area contributed by atoms with Crippen LogP contribution >= 0.6 is 27.5 Å². The Hall–Kier alpha value is -0.830. The van der Waals surface area contributed by atoms with E-state index in [1.54, 1.807) is 0 Å². The molecule has 0 heterocycles. The molecule has 0 fully saturated rings. The van der Waals surface area contributed by atoms with Crippen LogP contribution in [0.15, 0.2) is 46.9 Å². The van der Waals surface area contributed by atoms with Crippen molar-refractivity contribution in [3.05, 3.63) is 68.7 Å². The van der Waals surface area contributed by atoms with E-state index in [-0.39, 0.29) is 6.04 Å². The molecule has 18 heavy (non-hydrogen) atoms. The Kier molecular flexibility index (Phi) is 4.44. The zero-order chi connectivity index (χ0) is 13.1. The van der Waals surface area contributed by atoms with Crippen molar-refractivity contribution in [1.29, 1.82) is 0 Å². The van der Waals surface area contributed by atoms with Crippen LogP contribution in [0.1, 0.15) is 22.7 Å². The van der Waals surface area contributed by atoms with Crippen LogP contribution in [0.3, 0.4) is 0 Å². The summed E-state index contributed by atoms with van der Waals surface area (Å²) in [4.78, 5) is 0. The molecule has 0 aromatic heterocycles. The third-order valence-corrected chi connectivity index (χ3v) is 4.02. The average Bonchev–Trinajstić information content (AvgIpc) is 2.35. The molecule has 1 atom stereocenters. The Morgan fingerprint density at radius 1 is 1.17 bits per heavy atom. The lowest BCUT2D eigenvalue weighted by Crippen LogP contribution is -2.14. The molecule has 0 bridgehead atoms. The topological polar surface area (TPSA) is 26.0 Å². The Balaban J connectivity index is 2.19. The maximum absolute atomic E-state index is 6.26. The molecule has 0 aliphatic carbocycles. The highest BCUT2D eigenvalue weighted by Crippen LogP contribution is 2.25. The van der Waals surface area contributed by atoms with Crippen molar-refractivity contribution in [2.45, 2.75) is 19.4 Å². The van der Waals surface area contributed by atoms with Crippen LogP contribution in [0.4, 0.5) is 0 Å². The second-order valence-electron chi connectivity index (χ2n) is 4.39. The van der Waals surface area contributed by atoms with Gasteiger partial charge in [-0.25, -0.2) is 0 Å². The zero-order valence-corrected chi connectivity index (χ0v) is 12.5. The molecule has 94 valence electrons. The highest BCUT2D eigenvalue weighted by Gasteiger charge is 2.11. The molecule has 2 aromatic rings. The first-order chi connectivity index (χ1) is 8.58. The first kappa shape index (κ1) is 13.6. The van der Waals surface area contributed by atoms with E-state index in [1.165, 1.54) is 5.56 Å². The Morgan fingerprint density at radius 2 is 1.83 bits per heavy atom. The van der Waals surface area contributed by atoms with Gasteiger partial charge in [0.25, 0.3) is 0 Å². The summed E-state index contributed by atoms with van der Waals surface area (Å²) in [5, 5.41) is 0.777. The van der Waals surface area contributed by atoms with E-state index in [4.69, 9.17) is 17.3 Å². The summed E-state index contributed by atoms with van der Waals surface area (Å²) >= 11 is 9.55. The van der Waals surface area contributed by atoms with Crippen molar-refractivity contribution in [3.63, 3.8) is 0 Å². The predicted octanol–water partition coefficient (Wildman–Crippen LogP) is 4.65. The summed E-state index contributed by atoms with van der Waals surface area (Å²) in [6, 6.07) is 14.1. The van der Waals surface area contributed by atoms with Crippen LogP contribution in [0.5, 0.6) is 0 Å². The van der Waals surface area contributed by atoms with Crippen LogP contribution in [0.2, 0.25) is 5.02 Å². The van der Waals surface area contributed by atoms with Crippen LogP contribution in [-0.2, 0) is 6.42 Å². The normalized spacial score (nSPS) is 12.4. The fraction of sp³-hybridized carbons (Fsp3) is 0.200. The number of halogens is 2. The molecule has 0 aliphatic rings. The van der Waals surface area contributed by atoms with E-state index >= 15 is 0 Å². The summed E-state index contributed by atoms with van der Waals surface area (Å²) in [7, 11) is 0. The van der Waals surface area contributed by atoms with Gasteiger partial charge in [-0.3, -0.25) is 0 Å². The van der Waals surface area contributed by atoms with Gasteiger partial charge >= 0.3 is 0 Å². The SMILES string of the molecule is Cc1c(Cl)cccc1C(N)Cc1ccc(Br)cc1. The van der Waals surface area contributed by atoms with Crippen molar-refractivity contribution in [3.8, 4) is 0 Å². The minimum absolute atomic E-state index is 0.0233. The highest BCUT2D eigenvalue weighted by atomic mass is 79.9. The summed E-state index contributed by atoms with van der Waals surface area (Å²) in [5.41, 5.74) is 9.68. The van der Waals surface area contributed by atoms with Gasteiger partial charge in [0.05, 0.1) is 0 Å². The molecule has 3 heteroatoms. The molecule has 1 nitrogen and oxygen atoms in total. The molecular weight excluding hydrogens is 310 g/mol. The molecule has 0 radical (unpaired) electrons. The van der Waals surface area contributed by atoms with Gasteiger partial charge in [0.15, 0.2) is 0 Å². The van der Waals surface area contributed by atoms with Gasteiger partial charge in [0, 0.05) is 15.5 Å². The van der Waals surface area contributed by atoms with E-state index < -0.39 is 0 Å². The Labute approximate surface area is 121 Å². The molecular formula is C15H15BrClN. The van der Waals surface area contributed by atoms with Crippen molar-refractivity contribution in [1.82, 2.24) is 0 Å². The summed E-state index contributed by atoms with van der Waals surface area (Å²) < 4.78 is 1.08. The Morgan fingerprint density at radius 3 is 2.50 bits per heavy atom. The third kappa shape index (κ3) is 3.14. The van der Waals surface area contributed by atoms with Gasteiger partial charge in [-0.05, 0) is 48.2 Å². The standard InChI is InChI=1S/C15H15BrClN/c1-10-13(3-2-4-14(10)17)15(18)9-11-5-7-12(16)8-6-11/h2-8,15H,9,18H2,1H3. The largest absolute Gasteiger partial charge is 0.324 e. The number of hydrogen-bond donors (Lipinski definition) is 1. The molecule has 0 saturated carbocycles. The summed E-state index contributed by atoms with van der Waals surface area (Å²) in [5.74, 6) is 0. The molecule has 1 unspecified atom stereocenters. The van der Waals surface area contributed by atoms with Crippen LogP contribution in [-0.4, -0.2) is 0 Å². The second kappa shape index (κ2) is 5.87. The molecule has 0 aliphatic heterocycles. The number of hydrogen-bond acceptors (Lipinski definition) is 1. The molecule has 2 N–H and O–H groups in total. The molecule has 0 saturated heterocycles. The average molecular weight is 325 g/mol. The van der Waals surface area contributed by atoms with Gasteiger partial charge in [-0.1, -0.05) is 51.8 Å². The lowest BCUT2D eigenvalue weighted by atomic mass is 9.96. The fourth-order valence-corrected chi connectivity index (χ4v) is 2.46. The van der Waals surface area contributed by atoms with Crippen molar-refractivity contribution in [2.24, 2.45) is 5.73 Å². The van der Waals surface area contributed by atoms with Crippen molar-refractivity contribution in [2.75, 3.05) is 0 Å². The summed E-state index contributed by atoms with van der Waals surface area (Å²) in [6.45, 7) is 2.01. The van der Waals surface area contributed by atoms with Gasteiger partial charge in [0.1, 0.15) is 0 Å². The molecule has 0 amide bonds. The maximum atomic E-state index is 6.26. The summed E-state index contributed by atoms with van der Waals surface area (Å²) in [6.07, 6.45) is 0.814. The first-order valence-electron chi connectivity index (χ1n) is 5.83. The third-order valence-electron chi connectivity index (χ3n) is 3.08. The van der Waals surface area contributed by atoms with Crippen molar-refractivity contribution < 1.29 is 0 Å². The van der Waals surface area contributed by atoms with E-state index in [0.717, 1.165) is 27.0 Å². The quantitative estimate of drug-likeness (QED) is 0.873.